The standard InChI is InChI=1S/C13H20N2/c1-11(2)9-10-14-12-5-7-13(8-6-12)15(3)4/h5-8,14H,1,9-10H2,2-4H3. The van der Waals surface area contributed by atoms with Gasteiger partial charge < -0.3 is 10.2 Å². The molecule has 1 aromatic carbocycles. The summed E-state index contributed by atoms with van der Waals surface area (Å²) in [5.74, 6) is 0. The fourth-order valence-electron chi connectivity index (χ4n) is 1.30. The van der Waals surface area contributed by atoms with Crippen LogP contribution in [-0.4, -0.2) is 20.6 Å². The third-order valence-corrected chi connectivity index (χ3v) is 2.26. The first kappa shape index (κ1) is 11.6. The van der Waals surface area contributed by atoms with Crippen LogP contribution in [-0.2, 0) is 0 Å². The molecule has 0 unspecified atom stereocenters. The van der Waals surface area contributed by atoms with E-state index in [0.29, 0.717) is 0 Å². The first-order valence-electron chi connectivity index (χ1n) is 5.25. The zero-order valence-corrected chi connectivity index (χ0v) is 9.88. The van der Waals surface area contributed by atoms with Gasteiger partial charge in [0.15, 0.2) is 0 Å². The van der Waals surface area contributed by atoms with Gasteiger partial charge >= 0.3 is 0 Å². The van der Waals surface area contributed by atoms with Gasteiger partial charge in [-0.3, -0.25) is 0 Å². The minimum Gasteiger partial charge on any atom is -0.385 e. The predicted octanol–water partition coefficient (Wildman–Crippen LogP) is 3.13. The van der Waals surface area contributed by atoms with Gasteiger partial charge in [-0.1, -0.05) is 5.57 Å². The molecule has 82 valence electrons. The average Bonchev–Trinajstić information content (AvgIpc) is 2.18. The lowest BCUT2D eigenvalue weighted by Crippen LogP contribution is -2.08. The zero-order valence-electron chi connectivity index (χ0n) is 9.88. The van der Waals surface area contributed by atoms with Crippen LogP contribution in [0.15, 0.2) is 36.4 Å². The van der Waals surface area contributed by atoms with E-state index in [2.05, 4.69) is 48.0 Å². The third kappa shape index (κ3) is 4.07. The van der Waals surface area contributed by atoms with Crippen LogP contribution in [0.2, 0.25) is 0 Å². The van der Waals surface area contributed by atoms with Gasteiger partial charge in [0, 0.05) is 32.0 Å². The van der Waals surface area contributed by atoms with Crippen molar-refractivity contribution in [1.82, 2.24) is 0 Å². The highest BCUT2D eigenvalue weighted by molar-refractivity contribution is 5.54. The predicted molar refractivity (Wildman–Crippen MR) is 68.7 cm³/mol. The van der Waals surface area contributed by atoms with Crippen molar-refractivity contribution >= 4 is 11.4 Å². The van der Waals surface area contributed by atoms with Crippen LogP contribution >= 0.6 is 0 Å². The molecule has 0 aromatic heterocycles. The van der Waals surface area contributed by atoms with Crippen LogP contribution in [0.1, 0.15) is 13.3 Å². The summed E-state index contributed by atoms with van der Waals surface area (Å²) in [6.07, 6.45) is 1.02. The van der Waals surface area contributed by atoms with Crippen LogP contribution in [0.25, 0.3) is 0 Å². The summed E-state index contributed by atoms with van der Waals surface area (Å²) in [7, 11) is 4.09. The smallest absolute Gasteiger partial charge is 0.0362 e. The molecule has 1 rings (SSSR count). The summed E-state index contributed by atoms with van der Waals surface area (Å²) in [6.45, 7) is 6.88. The van der Waals surface area contributed by atoms with Gasteiger partial charge in [0.25, 0.3) is 0 Å². The Kier molecular flexibility index (Phi) is 4.22. The quantitative estimate of drug-likeness (QED) is 0.741. The largest absolute Gasteiger partial charge is 0.385 e. The van der Waals surface area contributed by atoms with Crippen molar-refractivity contribution < 1.29 is 0 Å². The minimum absolute atomic E-state index is 0.955. The van der Waals surface area contributed by atoms with Gasteiger partial charge in [0.1, 0.15) is 0 Å². The summed E-state index contributed by atoms with van der Waals surface area (Å²) in [6, 6.07) is 8.44. The Morgan fingerprint density at radius 1 is 1.27 bits per heavy atom. The minimum atomic E-state index is 0.955. The second-order valence-corrected chi connectivity index (χ2v) is 4.08. The lowest BCUT2D eigenvalue weighted by atomic mass is 10.2. The summed E-state index contributed by atoms with van der Waals surface area (Å²) < 4.78 is 0. The van der Waals surface area contributed by atoms with Crippen molar-refractivity contribution in [1.29, 1.82) is 0 Å². The second kappa shape index (κ2) is 5.44. The van der Waals surface area contributed by atoms with E-state index in [1.807, 2.05) is 14.1 Å². The highest BCUT2D eigenvalue weighted by Gasteiger charge is 1.95. The molecule has 0 fully saturated rings. The monoisotopic (exact) mass is 204 g/mol. The molecule has 0 aliphatic heterocycles. The van der Waals surface area contributed by atoms with Gasteiger partial charge in [-0.25, -0.2) is 0 Å². The summed E-state index contributed by atoms with van der Waals surface area (Å²) in [5.41, 5.74) is 3.61. The van der Waals surface area contributed by atoms with Crippen LogP contribution in [0.3, 0.4) is 0 Å². The van der Waals surface area contributed by atoms with E-state index >= 15 is 0 Å². The maximum Gasteiger partial charge on any atom is 0.0362 e. The molecular weight excluding hydrogens is 184 g/mol. The van der Waals surface area contributed by atoms with E-state index in [9.17, 15) is 0 Å². The Bertz CT molecular complexity index is 312. The number of anilines is 2. The first-order chi connectivity index (χ1) is 7.09. The summed E-state index contributed by atoms with van der Waals surface area (Å²) in [4.78, 5) is 2.09. The van der Waals surface area contributed by atoms with Crippen molar-refractivity contribution in [3.63, 3.8) is 0 Å². The third-order valence-electron chi connectivity index (χ3n) is 2.26. The lowest BCUT2D eigenvalue weighted by Gasteiger charge is -2.13. The van der Waals surface area contributed by atoms with E-state index in [0.717, 1.165) is 13.0 Å². The maximum atomic E-state index is 3.88. The average molecular weight is 204 g/mol. The molecule has 15 heavy (non-hydrogen) atoms. The van der Waals surface area contributed by atoms with Crippen molar-refractivity contribution in [2.75, 3.05) is 30.9 Å². The van der Waals surface area contributed by atoms with Gasteiger partial charge in [0.05, 0.1) is 0 Å². The number of benzene rings is 1. The van der Waals surface area contributed by atoms with E-state index in [4.69, 9.17) is 0 Å². The van der Waals surface area contributed by atoms with Crippen molar-refractivity contribution in [3.05, 3.63) is 36.4 Å². The van der Waals surface area contributed by atoms with Crippen LogP contribution in [0.5, 0.6) is 0 Å². The van der Waals surface area contributed by atoms with E-state index in [-0.39, 0.29) is 0 Å². The van der Waals surface area contributed by atoms with Gasteiger partial charge in [-0.2, -0.15) is 0 Å². The van der Waals surface area contributed by atoms with Gasteiger partial charge in [-0.05, 0) is 37.6 Å². The Hall–Kier alpha value is -1.44. The highest BCUT2D eigenvalue weighted by atomic mass is 15.1. The Morgan fingerprint density at radius 2 is 1.87 bits per heavy atom. The molecule has 0 bridgehead atoms. The second-order valence-electron chi connectivity index (χ2n) is 4.08. The molecule has 0 aliphatic carbocycles. The molecule has 1 N–H and O–H groups in total. The Labute approximate surface area is 92.6 Å². The molecule has 0 amide bonds. The Morgan fingerprint density at radius 3 is 2.33 bits per heavy atom. The van der Waals surface area contributed by atoms with Crippen LogP contribution in [0.4, 0.5) is 11.4 Å². The molecule has 0 aliphatic rings. The summed E-state index contributed by atoms with van der Waals surface area (Å²) >= 11 is 0. The maximum absolute atomic E-state index is 3.88. The lowest BCUT2D eigenvalue weighted by molar-refractivity contribution is 1.00. The molecule has 2 nitrogen and oxygen atoms in total. The number of hydrogen-bond donors (Lipinski definition) is 1. The molecule has 0 atom stereocenters. The number of hydrogen-bond acceptors (Lipinski definition) is 2. The molecule has 1 aromatic rings. The van der Waals surface area contributed by atoms with Crippen LogP contribution < -0.4 is 10.2 Å². The van der Waals surface area contributed by atoms with E-state index in [1.165, 1.54) is 16.9 Å². The van der Waals surface area contributed by atoms with Crippen molar-refractivity contribution in [2.24, 2.45) is 0 Å². The van der Waals surface area contributed by atoms with Crippen LogP contribution in [0, 0.1) is 0 Å². The zero-order chi connectivity index (χ0) is 11.3. The molecule has 0 saturated heterocycles. The SMILES string of the molecule is C=C(C)CCNc1ccc(N(C)C)cc1. The molecule has 0 saturated carbocycles. The molecule has 0 radical (unpaired) electrons. The normalized spacial score (nSPS) is 9.80. The molecule has 2 heteroatoms. The fraction of sp³-hybridized carbons (Fsp3) is 0.385. The van der Waals surface area contributed by atoms with E-state index < -0.39 is 0 Å². The highest BCUT2D eigenvalue weighted by Crippen LogP contribution is 2.15. The molecular formula is C13H20N2. The van der Waals surface area contributed by atoms with Gasteiger partial charge in [0.2, 0.25) is 0 Å². The van der Waals surface area contributed by atoms with E-state index in [1.54, 1.807) is 0 Å². The topological polar surface area (TPSA) is 15.3 Å². The summed E-state index contributed by atoms with van der Waals surface area (Å²) in [5, 5.41) is 3.36. The van der Waals surface area contributed by atoms with Crippen molar-refractivity contribution in [3.8, 4) is 0 Å². The number of rotatable bonds is 5. The van der Waals surface area contributed by atoms with Gasteiger partial charge in [-0.15, -0.1) is 6.58 Å². The van der Waals surface area contributed by atoms with Crippen molar-refractivity contribution in [2.45, 2.75) is 13.3 Å². The fourth-order valence-corrected chi connectivity index (χ4v) is 1.30. The molecule has 0 spiro atoms. The molecule has 0 heterocycles. The Balaban J connectivity index is 2.46. The number of nitrogens with zero attached hydrogens (tertiary/aromatic N) is 1. The first-order valence-corrected chi connectivity index (χ1v) is 5.25. The number of nitrogens with one attached hydrogen (secondary N) is 1.